The van der Waals surface area contributed by atoms with Gasteiger partial charge in [-0.1, -0.05) is 84.4 Å². The van der Waals surface area contributed by atoms with E-state index >= 15 is 0 Å². The summed E-state index contributed by atoms with van der Waals surface area (Å²) >= 11 is 7.82. The van der Waals surface area contributed by atoms with Crippen LogP contribution in [0.15, 0.2) is 109 Å². The third-order valence-corrected chi connectivity index (χ3v) is 6.44. The van der Waals surface area contributed by atoms with E-state index in [1.165, 1.54) is 0 Å². The summed E-state index contributed by atoms with van der Waals surface area (Å²) in [7, 11) is 0. The standard InChI is InChI=1S/C27H20ClN3OS/c28-21-13-7-14-22(17-21)31-24(18-23(30-31)25-15-8-16-33-25)27(32)29-26(19-9-3-1-4-10-19)20-11-5-2-6-12-20/h1-18,26H,(H,29,32). The average molecular weight is 470 g/mol. The van der Waals surface area contributed by atoms with Crippen molar-refractivity contribution in [2.24, 2.45) is 0 Å². The molecule has 5 rings (SSSR count). The molecule has 0 bridgehead atoms. The highest BCUT2D eigenvalue weighted by Crippen LogP contribution is 2.28. The topological polar surface area (TPSA) is 46.9 Å². The summed E-state index contributed by atoms with van der Waals surface area (Å²) in [5.41, 5.74) is 3.92. The van der Waals surface area contributed by atoms with Crippen molar-refractivity contribution < 1.29 is 4.79 Å². The van der Waals surface area contributed by atoms with E-state index in [0.717, 1.165) is 27.4 Å². The molecule has 1 amide bonds. The Balaban J connectivity index is 1.57. The van der Waals surface area contributed by atoms with E-state index in [-0.39, 0.29) is 11.9 Å². The van der Waals surface area contributed by atoms with Crippen molar-refractivity contribution >= 4 is 28.8 Å². The minimum Gasteiger partial charge on any atom is -0.340 e. The molecule has 0 fully saturated rings. The second kappa shape index (κ2) is 9.45. The SMILES string of the molecule is O=C(NC(c1ccccc1)c1ccccc1)c1cc(-c2cccs2)nn1-c1cccc(Cl)c1. The third kappa shape index (κ3) is 4.60. The lowest BCUT2D eigenvalue weighted by Gasteiger charge is -2.20. The van der Waals surface area contributed by atoms with Crippen LogP contribution in [0.2, 0.25) is 5.02 Å². The molecule has 4 nitrogen and oxygen atoms in total. The Morgan fingerprint density at radius 3 is 2.15 bits per heavy atom. The monoisotopic (exact) mass is 469 g/mol. The van der Waals surface area contributed by atoms with E-state index in [0.29, 0.717) is 10.7 Å². The molecule has 0 atom stereocenters. The zero-order chi connectivity index (χ0) is 22.6. The lowest BCUT2D eigenvalue weighted by molar-refractivity contribution is 0.0935. The number of carbonyl (C=O) groups is 1. The number of hydrogen-bond donors (Lipinski definition) is 1. The molecule has 0 radical (unpaired) electrons. The molecule has 0 aliphatic rings. The van der Waals surface area contributed by atoms with Crippen molar-refractivity contribution in [2.75, 3.05) is 0 Å². The van der Waals surface area contributed by atoms with Crippen molar-refractivity contribution in [3.05, 3.63) is 130 Å². The number of rotatable bonds is 6. The van der Waals surface area contributed by atoms with Gasteiger partial charge in [0.05, 0.1) is 16.6 Å². The van der Waals surface area contributed by atoms with Crippen LogP contribution in [0.5, 0.6) is 0 Å². The van der Waals surface area contributed by atoms with Gasteiger partial charge in [-0.3, -0.25) is 4.79 Å². The van der Waals surface area contributed by atoms with Crippen molar-refractivity contribution in [1.29, 1.82) is 0 Å². The van der Waals surface area contributed by atoms with Gasteiger partial charge in [0.25, 0.3) is 5.91 Å². The first-order valence-corrected chi connectivity index (χ1v) is 11.8. The van der Waals surface area contributed by atoms with Crippen LogP contribution in [0.4, 0.5) is 0 Å². The van der Waals surface area contributed by atoms with Crippen molar-refractivity contribution in [2.45, 2.75) is 6.04 Å². The van der Waals surface area contributed by atoms with E-state index in [9.17, 15) is 4.79 Å². The molecule has 162 valence electrons. The van der Waals surface area contributed by atoms with Crippen LogP contribution in [0.3, 0.4) is 0 Å². The maximum Gasteiger partial charge on any atom is 0.270 e. The zero-order valence-electron chi connectivity index (χ0n) is 17.6. The maximum absolute atomic E-state index is 13.7. The largest absolute Gasteiger partial charge is 0.340 e. The summed E-state index contributed by atoms with van der Waals surface area (Å²) in [6, 6.07) is 32.7. The number of benzene rings is 3. The molecule has 1 N–H and O–H groups in total. The summed E-state index contributed by atoms with van der Waals surface area (Å²) in [6.45, 7) is 0. The molecule has 0 saturated heterocycles. The number of hydrogen-bond acceptors (Lipinski definition) is 3. The molecule has 0 saturated carbocycles. The highest BCUT2D eigenvalue weighted by atomic mass is 35.5. The van der Waals surface area contributed by atoms with Crippen molar-refractivity contribution in [3.63, 3.8) is 0 Å². The first-order chi connectivity index (χ1) is 16.2. The summed E-state index contributed by atoms with van der Waals surface area (Å²) in [6.07, 6.45) is 0. The quantitative estimate of drug-likeness (QED) is 0.298. The predicted molar refractivity (Wildman–Crippen MR) is 134 cm³/mol. The number of amides is 1. The average Bonchev–Trinajstić information content (AvgIpc) is 3.54. The first kappa shape index (κ1) is 21.2. The van der Waals surface area contributed by atoms with E-state index in [4.69, 9.17) is 16.7 Å². The fraction of sp³-hybridized carbons (Fsp3) is 0.0370. The zero-order valence-corrected chi connectivity index (χ0v) is 19.1. The molecule has 33 heavy (non-hydrogen) atoms. The lowest BCUT2D eigenvalue weighted by Crippen LogP contribution is -2.31. The molecule has 6 heteroatoms. The van der Waals surface area contributed by atoms with Gasteiger partial charge in [0.1, 0.15) is 11.4 Å². The lowest BCUT2D eigenvalue weighted by atomic mass is 9.98. The second-order valence-corrected chi connectivity index (χ2v) is 8.90. The van der Waals surface area contributed by atoms with Crippen molar-refractivity contribution in [1.82, 2.24) is 15.1 Å². The van der Waals surface area contributed by atoms with Crippen LogP contribution >= 0.6 is 22.9 Å². The van der Waals surface area contributed by atoms with Crippen LogP contribution in [-0.4, -0.2) is 15.7 Å². The number of nitrogens with one attached hydrogen (secondary N) is 1. The Bertz CT molecular complexity index is 1330. The Hall–Kier alpha value is -3.67. The Morgan fingerprint density at radius 2 is 1.55 bits per heavy atom. The van der Waals surface area contributed by atoms with Gasteiger partial charge in [-0.2, -0.15) is 5.10 Å². The van der Waals surface area contributed by atoms with Gasteiger partial charge < -0.3 is 5.32 Å². The second-order valence-electron chi connectivity index (χ2n) is 7.51. The molecule has 3 aromatic carbocycles. The van der Waals surface area contributed by atoms with Crippen LogP contribution in [0.1, 0.15) is 27.7 Å². The van der Waals surface area contributed by atoms with Gasteiger partial charge in [0.15, 0.2) is 0 Å². The molecule has 2 heterocycles. The predicted octanol–water partition coefficient (Wildman–Crippen LogP) is 6.77. The highest BCUT2D eigenvalue weighted by molar-refractivity contribution is 7.13. The highest BCUT2D eigenvalue weighted by Gasteiger charge is 2.23. The molecule has 0 spiro atoms. The number of nitrogens with zero attached hydrogens (tertiary/aromatic N) is 2. The number of carbonyl (C=O) groups excluding carboxylic acids is 1. The molecule has 5 aromatic rings. The van der Waals surface area contributed by atoms with Crippen LogP contribution in [0.25, 0.3) is 16.3 Å². The fourth-order valence-electron chi connectivity index (χ4n) is 3.75. The molecule has 0 aliphatic carbocycles. The van der Waals surface area contributed by atoms with Crippen molar-refractivity contribution in [3.8, 4) is 16.3 Å². The smallest absolute Gasteiger partial charge is 0.270 e. The minimum atomic E-state index is -0.298. The molecular formula is C27H20ClN3OS. The Kier molecular flexibility index (Phi) is 6.07. The molecule has 0 aliphatic heterocycles. The number of aromatic nitrogens is 2. The van der Waals surface area contributed by atoms with Gasteiger partial charge in [0.2, 0.25) is 0 Å². The minimum absolute atomic E-state index is 0.219. The van der Waals surface area contributed by atoms with Crippen LogP contribution in [0, 0.1) is 0 Å². The Labute approximate surface area is 201 Å². The molecule has 0 unspecified atom stereocenters. The van der Waals surface area contributed by atoms with Crippen LogP contribution in [-0.2, 0) is 0 Å². The fourth-order valence-corrected chi connectivity index (χ4v) is 4.61. The van der Waals surface area contributed by atoms with E-state index in [1.54, 1.807) is 28.2 Å². The van der Waals surface area contributed by atoms with E-state index in [2.05, 4.69) is 5.32 Å². The summed E-state index contributed by atoms with van der Waals surface area (Å²) in [5.74, 6) is -0.219. The van der Waals surface area contributed by atoms with Gasteiger partial charge in [0, 0.05) is 5.02 Å². The van der Waals surface area contributed by atoms with Gasteiger partial charge in [-0.15, -0.1) is 11.3 Å². The van der Waals surface area contributed by atoms with Gasteiger partial charge in [-0.05, 0) is 46.8 Å². The van der Waals surface area contributed by atoms with Crippen LogP contribution < -0.4 is 5.32 Å². The summed E-state index contributed by atoms with van der Waals surface area (Å²) in [5, 5.41) is 10.5. The van der Waals surface area contributed by atoms with E-state index in [1.807, 2.05) is 96.4 Å². The van der Waals surface area contributed by atoms with Gasteiger partial charge >= 0.3 is 0 Å². The number of thiophene rings is 1. The summed E-state index contributed by atoms with van der Waals surface area (Å²) in [4.78, 5) is 14.7. The van der Waals surface area contributed by atoms with Gasteiger partial charge in [-0.25, -0.2) is 4.68 Å². The summed E-state index contributed by atoms with van der Waals surface area (Å²) < 4.78 is 1.66. The Morgan fingerprint density at radius 1 is 0.848 bits per heavy atom. The third-order valence-electron chi connectivity index (χ3n) is 5.31. The number of halogens is 1. The molecule has 2 aromatic heterocycles. The normalized spacial score (nSPS) is 11.0. The first-order valence-electron chi connectivity index (χ1n) is 10.5. The molecular weight excluding hydrogens is 450 g/mol. The maximum atomic E-state index is 13.7. The van der Waals surface area contributed by atoms with E-state index < -0.39 is 0 Å².